The number of aliphatic carboxylic acids is 1. The van der Waals surface area contributed by atoms with E-state index in [-0.39, 0.29) is 6.04 Å². The summed E-state index contributed by atoms with van der Waals surface area (Å²) in [6.45, 7) is 4.73. The first kappa shape index (κ1) is 16.3. The minimum atomic E-state index is -1.26. The molecule has 0 aromatic rings. The number of carbonyl (C=O) groups is 3. The van der Waals surface area contributed by atoms with Gasteiger partial charge in [0.05, 0.1) is 6.42 Å². The predicted molar refractivity (Wildman–Crippen MR) is 72.9 cm³/mol. The summed E-state index contributed by atoms with van der Waals surface area (Å²) in [6, 6.07) is -1.50. The Hall–Kier alpha value is -1.79. The Kier molecular flexibility index (Phi) is 5.79. The number of carboxylic acid groups (broad SMARTS) is 1. The third-order valence-corrected chi connectivity index (χ3v) is 3.20. The van der Waals surface area contributed by atoms with Gasteiger partial charge in [-0.1, -0.05) is 13.8 Å². The molecule has 0 bridgehead atoms. The minimum Gasteiger partial charge on any atom is -0.480 e. The molecule has 1 saturated carbocycles. The smallest absolute Gasteiger partial charge is 0.326 e. The zero-order chi connectivity index (χ0) is 15.3. The summed E-state index contributed by atoms with van der Waals surface area (Å²) in [5.74, 6) is -1.54. The van der Waals surface area contributed by atoms with Crippen LogP contribution in [0.5, 0.6) is 0 Å². The maximum Gasteiger partial charge on any atom is 0.326 e. The third-order valence-electron chi connectivity index (χ3n) is 3.20. The topological polar surface area (TPSA) is 113 Å². The van der Waals surface area contributed by atoms with Crippen LogP contribution < -0.4 is 11.1 Å². The van der Waals surface area contributed by atoms with E-state index in [0.717, 1.165) is 19.3 Å². The lowest BCUT2D eigenvalue weighted by Gasteiger charge is -2.25. The number of amides is 3. The van der Waals surface area contributed by atoms with Gasteiger partial charge in [0.2, 0.25) is 5.91 Å². The number of nitrogens with two attached hydrogens (primary N) is 1. The fourth-order valence-electron chi connectivity index (χ4n) is 1.87. The van der Waals surface area contributed by atoms with Crippen molar-refractivity contribution >= 4 is 17.9 Å². The van der Waals surface area contributed by atoms with Crippen molar-refractivity contribution in [3.05, 3.63) is 0 Å². The fraction of sp³-hybridized carbons (Fsp3) is 0.769. The molecule has 1 unspecified atom stereocenters. The van der Waals surface area contributed by atoms with Crippen molar-refractivity contribution in [2.75, 3.05) is 6.54 Å². The lowest BCUT2D eigenvalue weighted by Crippen LogP contribution is -2.50. The molecular formula is C13H23N3O4. The largest absolute Gasteiger partial charge is 0.480 e. The van der Waals surface area contributed by atoms with E-state index in [4.69, 9.17) is 10.8 Å². The SMILES string of the molecule is CC(C)CCN(C(=O)NC(CC(N)=O)C(=O)O)C1CC1. The predicted octanol–water partition coefficient (Wildman–Crippen LogP) is 0.535. The molecule has 1 aliphatic carbocycles. The number of hydrogen-bond acceptors (Lipinski definition) is 3. The van der Waals surface area contributed by atoms with Crippen LogP contribution in [0.1, 0.15) is 39.5 Å². The normalized spacial score (nSPS) is 15.8. The van der Waals surface area contributed by atoms with Crippen LogP contribution in [0.15, 0.2) is 0 Å². The molecule has 0 heterocycles. The average Bonchev–Trinajstić information content (AvgIpc) is 3.11. The summed E-state index contributed by atoms with van der Waals surface area (Å²) in [5.41, 5.74) is 4.99. The quantitative estimate of drug-likeness (QED) is 0.604. The third kappa shape index (κ3) is 5.46. The standard InChI is InChI=1S/C13H23N3O4/c1-8(2)5-6-16(9-3-4-9)13(20)15-10(12(18)19)7-11(14)17/h8-10H,3-7H2,1-2H3,(H2,14,17)(H,15,20)(H,18,19). The zero-order valence-corrected chi connectivity index (χ0v) is 12.0. The fourth-order valence-corrected chi connectivity index (χ4v) is 1.87. The maximum atomic E-state index is 12.1. The molecule has 3 amide bonds. The van der Waals surface area contributed by atoms with Crippen LogP contribution in [0.4, 0.5) is 4.79 Å². The molecule has 1 aliphatic rings. The average molecular weight is 285 g/mol. The van der Waals surface area contributed by atoms with Crippen LogP contribution in [-0.4, -0.2) is 46.5 Å². The molecule has 1 fully saturated rings. The van der Waals surface area contributed by atoms with Crippen molar-refractivity contribution in [2.45, 2.75) is 51.6 Å². The first-order valence-electron chi connectivity index (χ1n) is 6.89. The summed E-state index contributed by atoms with van der Waals surface area (Å²) < 4.78 is 0. The molecule has 0 aromatic carbocycles. The number of urea groups is 1. The molecular weight excluding hydrogens is 262 g/mol. The molecule has 0 radical (unpaired) electrons. The molecule has 114 valence electrons. The van der Waals surface area contributed by atoms with Crippen LogP contribution in [0.3, 0.4) is 0 Å². The van der Waals surface area contributed by atoms with E-state index < -0.39 is 30.4 Å². The van der Waals surface area contributed by atoms with E-state index in [0.29, 0.717) is 12.5 Å². The van der Waals surface area contributed by atoms with Gasteiger partial charge in [-0.2, -0.15) is 0 Å². The number of nitrogens with zero attached hydrogens (tertiary/aromatic N) is 1. The highest BCUT2D eigenvalue weighted by molar-refractivity contribution is 5.87. The van der Waals surface area contributed by atoms with Crippen LogP contribution in [0.2, 0.25) is 0 Å². The molecule has 0 aliphatic heterocycles. The Morgan fingerprint density at radius 2 is 1.95 bits per heavy atom. The van der Waals surface area contributed by atoms with Gasteiger partial charge in [0.15, 0.2) is 0 Å². The van der Waals surface area contributed by atoms with Crippen molar-refractivity contribution in [1.29, 1.82) is 0 Å². The van der Waals surface area contributed by atoms with Crippen molar-refractivity contribution < 1.29 is 19.5 Å². The van der Waals surface area contributed by atoms with E-state index in [1.54, 1.807) is 4.90 Å². The van der Waals surface area contributed by atoms with E-state index >= 15 is 0 Å². The van der Waals surface area contributed by atoms with Gasteiger partial charge in [-0.15, -0.1) is 0 Å². The van der Waals surface area contributed by atoms with Crippen LogP contribution >= 0.6 is 0 Å². The van der Waals surface area contributed by atoms with Gasteiger partial charge in [0.1, 0.15) is 6.04 Å². The number of carboxylic acids is 1. The minimum absolute atomic E-state index is 0.191. The lowest BCUT2D eigenvalue weighted by atomic mass is 10.1. The second-order valence-corrected chi connectivity index (χ2v) is 5.62. The van der Waals surface area contributed by atoms with Crippen LogP contribution in [-0.2, 0) is 9.59 Å². The van der Waals surface area contributed by atoms with Gasteiger partial charge in [-0.25, -0.2) is 9.59 Å². The highest BCUT2D eigenvalue weighted by atomic mass is 16.4. The summed E-state index contributed by atoms with van der Waals surface area (Å²) >= 11 is 0. The van der Waals surface area contributed by atoms with E-state index in [2.05, 4.69) is 19.2 Å². The van der Waals surface area contributed by atoms with Gasteiger partial charge in [-0.3, -0.25) is 4.79 Å². The molecule has 7 nitrogen and oxygen atoms in total. The molecule has 1 atom stereocenters. The lowest BCUT2D eigenvalue weighted by molar-refractivity contribution is -0.141. The monoisotopic (exact) mass is 285 g/mol. The Balaban J connectivity index is 2.59. The second-order valence-electron chi connectivity index (χ2n) is 5.62. The second kappa shape index (κ2) is 7.12. The number of primary amides is 1. The molecule has 4 N–H and O–H groups in total. The Bertz CT molecular complexity index is 380. The highest BCUT2D eigenvalue weighted by Gasteiger charge is 2.34. The van der Waals surface area contributed by atoms with E-state index in [1.807, 2.05) is 0 Å². The summed E-state index contributed by atoms with van der Waals surface area (Å²) in [7, 11) is 0. The number of hydrogen-bond donors (Lipinski definition) is 3. The van der Waals surface area contributed by atoms with Gasteiger partial charge in [-0.05, 0) is 25.2 Å². The Labute approximate surface area is 118 Å². The molecule has 0 saturated heterocycles. The van der Waals surface area contributed by atoms with Gasteiger partial charge < -0.3 is 21.1 Å². The van der Waals surface area contributed by atoms with Crippen molar-refractivity contribution in [3.63, 3.8) is 0 Å². The molecule has 7 heteroatoms. The summed E-state index contributed by atoms with van der Waals surface area (Å²) in [6.07, 6.45) is 2.35. The first-order chi connectivity index (χ1) is 9.31. The molecule has 0 aromatic heterocycles. The van der Waals surface area contributed by atoms with E-state index in [9.17, 15) is 14.4 Å². The maximum absolute atomic E-state index is 12.1. The highest BCUT2D eigenvalue weighted by Crippen LogP contribution is 2.27. The van der Waals surface area contributed by atoms with Crippen LogP contribution in [0, 0.1) is 5.92 Å². The number of rotatable bonds is 8. The zero-order valence-electron chi connectivity index (χ0n) is 12.0. The first-order valence-corrected chi connectivity index (χ1v) is 6.89. The summed E-state index contributed by atoms with van der Waals surface area (Å²) in [4.78, 5) is 35.6. The Morgan fingerprint density at radius 1 is 1.35 bits per heavy atom. The van der Waals surface area contributed by atoms with Gasteiger partial charge in [0.25, 0.3) is 0 Å². The van der Waals surface area contributed by atoms with Crippen LogP contribution in [0.25, 0.3) is 0 Å². The van der Waals surface area contributed by atoms with Crippen molar-refractivity contribution in [1.82, 2.24) is 10.2 Å². The Morgan fingerprint density at radius 3 is 2.35 bits per heavy atom. The van der Waals surface area contributed by atoms with Crippen molar-refractivity contribution in [3.8, 4) is 0 Å². The van der Waals surface area contributed by atoms with Gasteiger partial charge in [0, 0.05) is 12.6 Å². The molecule has 0 spiro atoms. The number of nitrogens with one attached hydrogen (secondary N) is 1. The van der Waals surface area contributed by atoms with E-state index in [1.165, 1.54) is 0 Å². The summed E-state index contributed by atoms with van der Waals surface area (Å²) in [5, 5.41) is 11.4. The van der Waals surface area contributed by atoms with Gasteiger partial charge >= 0.3 is 12.0 Å². The number of carbonyl (C=O) groups excluding carboxylic acids is 2. The molecule has 1 rings (SSSR count). The van der Waals surface area contributed by atoms with Crippen molar-refractivity contribution in [2.24, 2.45) is 11.7 Å². The molecule has 20 heavy (non-hydrogen) atoms.